The van der Waals surface area contributed by atoms with Gasteiger partial charge >= 0.3 is 6.03 Å². The average Bonchev–Trinajstić information content (AvgIpc) is 3.24. The number of hydrogen-bond acceptors (Lipinski definition) is 3. The molecule has 0 unspecified atom stereocenters. The van der Waals surface area contributed by atoms with Crippen LogP contribution < -0.4 is 5.32 Å². The molecule has 28 heavy (non-hydrogen) atoms. The van der Waals surface area contributed by atoms with Crippen molar-refractivity contribution in [3.63, 3.8) is 0 Å². The van der Waals surface area contributed by atoms with Crippen LogP contribution in [0.3, 0.4) is 0 Å². The number of carbonyl (C=O) groups is 2. The van der Waals surface area contributed by atoms with Crippen LogP contribution in [0.5, 0.6) is 0 Å². The third kappa shape index (κ3) is 4.50. The highest BCUT2D eigenvalue weighted by Gasteiger charge is 2.22. The molecule has 1 N–H and O–H groups in total. The smallest absolute Gasteiger partial charge is 0.321 e. The molecule has 148 valence electrons. The minimum Gasteiger partial charge on any atom is -0.339 e. The lowest BCUT2D eigenvalue weighted by molar-refractivity contribution is 0.0792. The molecule has 3 amide bonds. The van der Waals surface area contributed by atoms with Gasteiger partial charge in [0, 0.05) is 37.6 Å². The van der Waals surface area contributed by atoms with Gasteiger partial charge in [0.1, 0.15) is 0 Å². The van der Waals surface area contributed by atoms with E-state index in [0.717, 1.165) is 43.6 Å². The Morgan fingerprint density at radius 3 is 2.57 bits per heavy atom. The summed E-state index contributed by atoms with van der Waals surface area (Å²) in [6.07, 6.45) is 4.90. The summed E-state index contributed by atoms with van der Waals surface area (Å²) in [7, 11) is 1.74. The number of hydrogen-bond donors (Lipinski definition) is 1. The molecule has 0 radical (unpaired) electrons. The third-order valence-electron chi connectivity index (χ3n) is 5.24. The quantitative estimate of drug-likeness (QED) is 0.857. The molecule has 2 heterocycles. The number of carbonyl (C=O) groups excluding carboxylic acids is 2. The van der Waals surface area contributed by atoms with Crippen LogP contribution >= 0.6 is 0 Å². The fourth-order valence-corrected chi connectivity index (χ4v) is 3.38. The Balaban J connectivity index is 1.67. The molecule has 1 aromatic carbocycles. The fraction of sp³-hybridized carbons (Fsp3) is 0.409. The zero-order chi connectivity index (χ0) is 20.1. The van der Waals surface area contributed by atoms with Gasteiger partial charge in [0.25, 0.3) is 5.91 Å². The van der Waals surface area contributed by atoms with Gasteiger partial charge < -0.3 is 15.1 Å². The van der Waals surface area contributed by atoms with E-state index in [1.165, 1.54) is 5.56 Å². The normalized spacial score (nSPS) is 13.5. The lowest BCUT2D eigenvalue weighted by Gasteiger charge is -2.21. The number of aryl methyl sites for hydroxylation is 1. The number of benzene rings is 1. The monoisotopic (exact) mass is 380 g/mol. The van der Waals surface area contributed by atoms with Crippen molar-refractivity contribution in [2.24, 2.45) is 0 Å². The molecule has 3 rings (SSSR count). The van der Waals surface area contributed by atoms with Crippen LogP contribution in [-0.4, -0.2) is 46.9 Å². The molecule has 0 aliphatic carbocycles. The first-order valence-corrected chi connectivity index (χ1v) is 9.84. The Hall–Kier alpha value is -2.89. The Morgan fingerprint density at radius 2 is 1.93 bits per heavy atom. The van der Waals surface area contributed by atoms with Crippen molar-refractivity contribution in [3.8, 4) is 0 Å². The number of amides is 3. The van der Waals surface area contributed by atoms with E-state index in [1.807, 2.05) is 48.4 Å². The van der Waals surface area contributed by atoms with E-state index in [2.05, 4.69) is 17.2 Å². The van der Waals surface area contributed by atoms with Crippen LogP contribution in [-0.2, 0) is 13.0 Å². The Kier molecular flexibility index (Phi) is 6.29. The number of rotatable bonds is 5. The van der Waals surface area contributed by atoms with Crippen molar-refractivity contribution >= 4 is 17.6 Å². The first kappa shape index (κ1) is 19.9. The second-order valence-electron chi connectivity index (χ2n) is 7.27. The molecule has 1 aliphatic rings. The van der Waals surface area contributed by atoms with Gasteiger partial charge in [-0.1, -0.05) is 19.1 Å². The number of urea groups is 1. The highest BCUT2D eigenvalue weighted by atomic mass is 16.2. The molecule has 1 saturated heterocycles. The second-order valence-corrected chi connectivity index (χ2v) is 7.27. The summed E-state index contributed by atoms with van der Waals surface area (Å²) in [6.45, 7) is 6.00. The van der Waals surface area contributed by atoms with E-state index in [0.29, 0.717) is 17.8 Å². The highest BCUT2D eigenvalue weighted by molar-refractivity contribution is 5.99. The van der Waals surface area contributed by atoms with Gasteiger partial charge in [-0.05, 0) is 55.5 Å². The highest BCUT2D eigenvalue weighted by Crippen LogP contribution is 2.22. The van der Waals surface area contributed by atoms with Gasteiger partial charge in [0.05, 0.1) is 12.2 Å². The lowest BCUT2D eigenvalue weighted by Crippen LogP contribution is -2.32. The Morgan fingerprint density at radius 1 is 1.18 bits per heavy atom. The van der Waals surface area contributed by atoms with Gasteiger partial charge in [0.15, 0.2) is 0 Å². The molecule has 6 nitrogen and oxygen atoms in total. The van der Waals surface area contributed by atoms with Crippen LogP contribution in [0, 0.1) is 6.92 Å². The zero-order valence-corrected chi connectivity index (χ0v) is 16.9. The van der Waals surface area contributed by atoms with E-state index < -0.39 is 0 Å². The van der Waals surface area contributed by atoms with Crippen molar-refractivity contribution in [2.45, 2.75) is 39.7 Å². The number of nitrogens with zero attached hydrogens (tertiary/aromatic N) is 3. The first-order chi connectivity index (χ1) is 13.5. The standard InChI is InChI=1S/C22H28N4O2/c1-4-17-10-11-18(23-14-17)15-25(3)22(28)24-20-9-7-8-19(16(20)2)21(27)26-12-5-6-13-26/h7-11,14H,4-6,12-13,15H2,1-3H3,(H,24,28). The number of anilines is 1. The van der Waals surface area contributed by atoms with Gasteiger partial charge in [-0.15, -0.1) is 0 Å². The molecular weight excluding hydrogens is 352 g/mol. The molecule has 0 spiro atoms. The minimum atomic E-state index is -0.227. The molecule has 2 aromatic rings. The van der Waals surface area contributed by atoms with Crippen molar-refractivity contribution in [3.05, 3.63) is 58.9 Å². The van der Waals surface area contributed by atoms with E-state index in [9.17, 15) is 9.59 Å². The van der Waals surface area contributed by atoms with Crippen molar-refractivity contribution in [1.82, 2.24) is 14.8 Å². The van der Waals surface area contributed by atoms with Crippen LogP contribution in [0.4, 0.5) is 10.5 Å². The predicted molar refractivity (Wildman–Crippen MR) is 110 cm³/mol. The lowest BCUT2D eigenvalue weighted by atomic mass is 10.1. The largest absolute Gasteiger partial charge is 0.339 e. The summed E-state index contributed by atoms with van der Waals surface area (Å²) < 4.78 is 0. The molecule has 1 fully saturated rings. The van der Waals surface area contributed by atoms with E-state index in [1.54, 1.807) is 11.9 Å². The van der Waals surface area contributed by atoms with Crippen LogP contribution in [0.2, 0.25) is 0 Å². The summed E-state index contributed by atoms with van der Waals surface area (Å²) in [4.78, 5) is 33.2. The average molecular weight is 380 g/mol. The van der Waals surface area contributed by atoms with E-state index >= 15 is 0 Å². The minimum absolute atomic E-state index is 0.0414. The molecule has 1 aromatic heterocycles. The van der Waals surface area contributed by atoms with Crippen LogP contribution in [0.25, 0.3) is 0 Å². The maximum atomic E-state index is 12.7. The number of pyridine rings is 1. The summed E-state index contributed by atoms with van der Waals surface area (Å²) in [5.74, 6) is 0.0414. The van der Waals surface area contributed by atoms with Crippen molar-refractivity contribution in [2.75, 3.05) is 25.5 Å². The Labute approximate surface area is 166 Å². The SMILES string of the molecule is CCc1ccc(CN(C)C(=O)Nc2cccc(C(=O)N3CCCC3)c2C)nc1. The van der Waals surface area contributed by atoms with Crippen molar-refractivity contribution < 1.29 is 9.59 Å². The topological polar surface area (TPSA) is 65.5 Å². The van der Waals surface area contributed by atoms with Gasteiger partial charge in [-0.2, -0.15) is 0 Å². The fourth-order valence-electron chi connectivity index (χ4n) is 3.38. The molecule has 1 aliphatic heterocycles. The van der Waals surface area contributed by atoms with Crippen LogP contribution in [0.1, 0.15) is 46.9 Å². The van der Waals surface area contributed by atoms with Crippen LogP contribution in [0.15, 0.2) is 36.5 Å². The summed E-state index contributed by atoms with van der Waals surface area (Å²) in [5.41, 5.74) is 4.12. The van der Waals surface area contributed by atoms with E-state index in [-0.39, 0.29) is 11.9 Å². The second kappa shape index (κ2) is 8.87. The number of nitrogens with one attached hydrogen (secondary N) is 1. The molecule has 0 atom stereocenters. The maximum absolute atomic E-state index is 12.7. The zero-order valence-electron chi connectivity index (χ0n) is 16.9. The Bertz CT molecular complexity index is 842. The molecular formula is C22H28N4O2. The number of aromatic nitrogens is 1. The van der Waals surface area contributed by atoms with Gasteiger partial charge in [-0.3, -0.25) is 9.78 Å². The van der Waals surface area contributed by atoms with Gasteiger partial charge in [0.2, 0.25) is 0 Å². The summed E-state index contributed by atoms with van der Waals surface area (Å²) in [5, 5.41) is 2.93. The molecule has 0 saturated carbocycles. The predicted octanol–water partition coefficient (Wildman–Crippen LogP) is 3.85. The van der Waals surface area contributed by atoms with Gasteiger partial charge in [-0.25, -0.2) is 4.79 Å². The first-order valence-electron chi connectivity index (χ1n) is 9.84. The summed E-state index contributed by atoms with van der Waals surface area (Å²) in [6, 6.07) is 9.23. The number of likely N-dealkylation sites (tertiary alicyclic amines) is 1. The third-order valence-corrected chi connectivity index (χ3v) is 5.24. The maximum Gasteiger partial charge on any atom is 0.321 e. The molecule has 0 bridgehead atoms. The molecule has 6 heteroatoms. The van der Waals surface area contributed by atoms with E-state index in [4.69, 9.17) is 0 Å². The van der Waals surface area contributed by atoms with Crippen molar-refractivity contribution in [1.29, 1.82) is 0 Å². The summed E-state index contributed by atoms with van der Waals surface area (Å²) >= 11 is 0.